The molecule has 0 bridgehead atoms. The van der Waals surface area contributed by atoms with Crippen LogP contribution < -0.4 is 15.3 Å². The lowest BCUT2D eigenvalue weighted by molar-refractivity contribution is -0.146. The number of nitrogens with one attached hydrogen (secondary N) is 1. The van der Waals surface area contributed by atoms with Crippen molar-refractivity contribution in [3.05, 3.63) is 88.9 Å². The minimum absolute atomic E-state index is 0.0222. The first kappa shape index (κ1) is 33.0. The molecule has 13 nitrogen and oxygen atoms in total. The van der Waals surface area contributed by atoms with E-state index in [1.54, 1.807) is 54.6 Å². The zero-order valence-corrected chi connectivity index (χ0v) is 27.0. The van der Waals surface area contributed by atoms with Gasteiger partial charge in [0.25, 0.3) is 0 Å². The molecule has 0 spiro atoms. The maximum Gasteiger partial charge on any atom is 0.459 e. The Morgan fingerprint density at radius 2 is 1.85 bits per heavy atom. The number of imidazole rings is 1. The number of rotatable bonds is 11. The number of esters is 1. The quantitative estimate of drug-likeness (QED) is 0.0910. The summed E-state index contributed by atoms with van der Waals surface area (Å²) < 4.78 is 53.8. The number of hydrogen-bond acceptors (Lipinski definition) is 11. The molecule has 3 heterocycles. The number of nitrogens with zero attached hydrogens (tertiary/aromatic N) is 4. The second-order valence-electron chi connectivity index (χ2n) is 10.6. The van der Waals surface area contributed by atoms with Crippen LogP contribution in [0.2, 0.25) is 10.3 Å². The normalized spacial score (nSPS) is 21.5. The Morgan fingerprint density at radius 3 is 2.62 bits per heavy atom. The lowest BCUT2D eigenvalue weighted by Crippen LogP contribution is -2.37. The summed E-state index contributed by atoms with van der Waals surface area (Å²) >= 11 is 12.3. The lowest BCUT2D eigenvalue weighted by atomic mass is 10.1. The monoisotopic (exact) mass is 704 g/mol. The standard InChI is InChI=1S/C30H28Cl2FN6O7P/c1-16(29(41)43-13-17-7-3-2-4-8-17)38-47(42,46-21-12-11-20(31)18-9-5-6-10-19(18)21)44-14-22-25(40)23(33)28(45-22)39-15-35-24-26(34)36-30(32)37-27(24)39/h2-12,15-16,22-23,25,28,40H,13-14H2,1H3,(H,38,42)(H2,34,36,37)/t16-,22-,23+,25-,28-,47?/m1/s1. The van der Waals surface area contributed by atoms with Crippen molar-refractivity contribution in [1.82, 2.24) is 24.6 Å². The highest BCUT2D eigenvalue weighted by Crippen LogP contribution is 2.48. The van der Waals surface area contributed by atoms with Gasteiger partial charge in [0, 0.05) is 15.8 Å². The van der Waals surface area contributed by atoms with Gasteiger partial charge in [0.1, 0.15) is 36.1 Å². The van der Waals surface area contributed by atoms with Crippen LogP contribution in [0, 0.1) is 0 Å². The van der Waals surface area contributed by atoms with Gasteiger partial charge in [0.15, 0.2) is 23.9 Å². The third-order valence-corrected chi connectivity index (χ3v) is 9.50. The minimum atomic E-state index is -4.48. The SMILES string of the molecule is C[C@@H](NP(=O)(OC[C@H]1O[C@@H](n2cnc3c(N)nc(Cl)nc32)[C@@H](F)[C@@H]1O)Oc1ccc(Cl)c2ccccc12)C(=O)OCc1ccccc1. The second kappa shape index (κ2) is 13.7. The van der Waals surface area contributed by atoms with E-state index in [2.05, 4.69) is 20.0 Å². The smallest absolute Gasteiger partial charge is 0.459 e. The summed E-state index contributed by atoms with van der Waals surface area (Å²) in [5, 5.41) is 14.7. The molecule has 1 unspecified atom stereocenters. The number of aliphatic hydroxyl groups is 1. The molecule has 1 saturated heterocycles. The summed E-state index contributed by atoms with van der Waals surface area (Å²) in [4.78, 5) is 24.9. The van der Waals surface area contributed by atoms with Gasteiger partial charge in [0.05, 0.1) is 12.9 Å². The van der Waals surface area contributed by atoms with Crippen LogP contribution in [-0.4, -0.2) is 61.6 Å². The first-order chi connectivity index (χ1) is 22.5. The van der Waals surface area contributed by atoms with E-state index in [4.69, 9.17) is 47.5 Å². The van der Waals surface area contributed by atoms with Gasteiger partial charge in [0.2, 0.25) is 5.28 Å². The van der Waals surface area contributed by atoms with Gasteiger partial charge in [-0.25, -0.2) is 13.9 Å². The van der Waals surface area contributed by atoms with E-state index in [9.17, 15) is 14.5 Å². The van der Waals surface area contributed by atoms with E-state index in [0.29, 0.717) is 15.8 Å². The number of hydrogen-bond donors (Lipinski definition) is 3. The van der Waals surface area contributed by atoms with Gasteiger partial charge in [-0.3, -0.25) is 13.9 Å². The van der Waals surface area contributed by atoms with E-state index in [1.165, 1.54) is 23.9 Å². The molecule has 1 fully saturated rings. The molecule has 0 amide bonds. The number of aliphatic hydroxyl groups excluding tert-OH is 1. The van der Waals surface area contributed by atoms with Crippen molar-refractivity contribution in [2.45, 2.75) is 44.2 Å². The van der Waals surface area contributed by atoms with Crippen molar-refractivity contribution in [3.63, 3.8) is 0 Å². The van der Waals surface area contributed by atoms with E-state index in [-0.39, 0.29) is 34.6 Å². The molecule has 3 aromatic carbocycles. The number of anilines is 1. The molecule has 17 heteroatoms. The Morgan fingerprint density at radius 1 is 1.13 bits per heavy atom. The number of carbonyl (C=O) groups excluding carboxylic acids is 1. The van der Waals surface area contributed by atoms with Crippen molar-refractivity contribution < 1.29 is 37.4 Å². The molecular weight excluding hydrogens is 677 g/mol. The third kappa shape index (κ3) is 7.04. The molecule has 0 radical (unpaired) electrons. The Balaban J connectivity index is 1.23. The summed E-state index contributed by atoms with van der Waals surface area (Å²) in [5.74, 6) is -0.642. The molecule has 0 aliphatic carbocycles. The maximum absolute atomic E-state index is 15.5. The molecular formula is C30H28Cl2FN6O7P. The van der Waals surface area contributed by atoms with Crippen LogP contribution in [0.25, 0.3) is 21.9 Å². The molecule has 1 aliphatic rings. The number of carbonyl (C=O) groups is 1. The fraction of sp³-hybridized carbons (Fsp3) is 0.267. The highest BCUT2D eigenvalue weighted by Gasteiger charge is 2.47. The van der Waals surface area contributed by atoms with Crippen LogP contribution in [0.4, 0.5) is 10.2 Å². The molecule has 2 aromatic heterocycles. The van der Waals surface area contributed by atoms with Gasteiger partial charge in [-0.2, -0.15) is 15.1 Å². The molecule has 6 atom stereocenters. The maximum atomic E-state index is 15.5. The minimum Gasteiger partial charge on any atom is -0.460 e. The van der Waals surface area contributed by atoms with Crippen LogP contribution in [-0.2, 0) is 30.0 Å². The Hall–Kier alpha value is -3.88. The van der Waals surface area contributed by atoms with Crippen LogP contribution in [0.15, 0.2) is 73.1 Å². The highest BCUT2D eigenvalue weighted by molar-refractivity contribution is 7.52. The topological polar surface area (TPSA) is 173 Å². The fourth-order valence-electron chi connectivity index (χ4n) is 5.01. The van der Waals surface area contributed by atoms with Crippen LogP contribution >= 0.6 is 30.9 Å². The zero-order valence-electron chi connectivity index (χ0n) is 24.6. The number of nitrogen functional groups attached to an aromatic ring is 1. The number of alkyl halides is 1. The fourth-order valence-corrected chi connectivity index (χ4v) is 6.93. The molecule has 0 saturated carbocycles. The van der Waals surface area contributed by atoms with Gasteiger partial charge in [-0.05, 0) is 36.2 Å². The number of benzene rings is 3. The summed E-state index contributed by atoms with van der Waals surface area (Å²) in [6.07, 6.45) is -5.26. The van der Waals surface area contributed by atoms with Gasteiger partial charge in [-0.1, -0.05) is 66.2 Å². The molecule has 4 N–H and O–H groups in total. The number of aromatic nitrogens is 4. The van der Waals surface area contributed by atoms with Crippen molar-refractivity contribution in [3.8, 4) is 5.75 Å². The Kier molecular flexibility index (Phi) is 9.62. The predicted molar refractivity (Wildman–Crippen MR) is 172 cm³/mol. The zero-order chi connectivity index (χ0) is 33.3. The first-order valence-electron chi connectivity index (χ1n) is 14.3. The van der Waals surface area contributed by atoms with E-state index >= 15 is 4.39 Å². The van der Waals surface area contributed by atoms with Gasteiger partial charge in [-0.15, -0.1) is 0 Å². The summed E-state index contributed by atoms with van der Waals surface area (Å²) in [7, 11) is -4.48. The average Bonchev–Trinajstić information content (AvgIpc) is 3.60. The molecule has 1 aliphatic heterocycles. The Bertz CT molecular complexity index is 1970. The van der Waals surface area contributed by atoms with Crippen LogP contribution in [0.3, 0.4) is 0 Å². The summed E-state index contributed by atoms with van der Waals surface area (Å²) in [5.41, 5.74) is 6.85. The second-order valence-corrected chi connectivity index (χ2v) is 13.1. The number of halogens is 3. The van der Waals surface area contributed by atoms with Crippen molar-refractivity contribution in [2.24, 2.45) is 0 Å². The van der Waals surface area contributed by atoms with Crippen molar-refractivity contribution in [2.75, 3.05) is 12.3 Å². The summed E-state index contributed by atoms with van der Waals surface area (Å²) in [6, 6.07) is 17.9. The third-order valence-electron chi connectivity index (χ3n) is 7.38. The first-order valence-corrected chi connectivity index (χ1v) is 16.6. The van der Waals surface area contributed by atoms with Crippen LogP contribution in [0.5, 0.6) is 5.75 Å². The molecule has 47 heavy (non-hydrogen) atoms. The predicted octanol–water partition coefficient (Wildman–Crippen LogP) is 5.39. The Labute approximate surface area is 277 Å². The largest absolute Gasteiger partial charge is 0.460 e. The summed E-state index contributed by atoms with van der Waals surface area (Å²) in [6.45, 7) is 0.778. The van der Waals surface area contributed by atoms with Gasteiger partial charge >= 0.3 is 13.7 Å². The van der Waals surface area contributed by atoms with Gasteiger partial charge < -0.3 is 24.8 Å². The van der Waals surface area contributed by atoms with E-state index in [1.807, 2.05) is 6.07 Å². The van der Waals surface area contributed by atoms with Crippen LogP contribution in [0.1, 0.15) is 18.7 Å². The number of fused-ring (bicyclic) bond motifs is 2. The van der Waals surface area contributed by atoms with E-state index < -0.39 is 51.0 Å². The van der Waals surface area contributed by atoms with Crippen molar-refractivity contribution in [1.29, 1.82) is 0 Å². The lowest BCUT2D eigenvalue weighted by Gasteiger charge is -2.25. The molecule has 246 valence electrons. The molecule has 5 aromatic rings. The molecule has 6 rings (SSSR count). The van der Waals surface area contributed by atoms with E-state index in [0.717, 1.165) is 5.56 Å². The number of ether oxygens (including phenoxy) is 2. The average molecular weight is 705 g/mol. The number of nitrogens with two attached hydrogens (primary N) is 1. The van der Waals surface area contributed by atoms with Crippen molar-refractivity contribution >= 4 is 64.7 Å². The highest BCUT2D eigenvalue weighted by atomic mass is 35.5.